The molecule has 19 heavy (non-hydrogen) atoms. The van der Waals surface area contributed by atoms with E-state index in [1.807, 2.05) is 20.8 Å². The van der Waals surface area contributed by atoms with E-state index >= 15 is 0 Å². The highest BCUT2D eigenvalue weighted by molar-refractivity contribution is 5.34. The largest absolute Gasteiger partial charge is 0.388 e. The molecule has 0 amide bonds. The van der Waals surface area contributed by atoms with Gasteiger partial charge in [0, 0.05) is 6.42 Å². The molecular formula is C17H19FO. The zero-order chi connectivity index (χ0) is 14.0. The Bertz CT molecular complexity index is 590. The van der Waals surface area contributed by atoms with Crippen molar-refractivity contribution in [2.75, 3.05) is 0 Å². The van der Waals surface area contributed by atoms with Gasteiger partial charge in [0.05, 0.1) is 6.10 Å². The summed E-state index contributed by atoms with van der Waals surface area (Å²) >= 11 is 0. The molecule has 1 nitrogen and oxygen atoms in total. The summed E-state index contributed by atoms with van der Waals surface area (Å²) in [4.78, 5) is 0. The van der Waals surface area contributed by atoms with Crippen molar-refractivity contribution in [3.63, 3.8) is 0 Å². The molecule has 0 aliphatic heterocycles. The molecule has 0 bridgehead atoms. The number of aliphatic hydroxyl groups excluding tert-OH is 1. The molecule has 2 rings (SSSR count). The highest BCUT2D eigenvalue weighted by Crippen LogP contribution is 2.24. The van der Waals surface area contributed by atoms with Crippen molar-refractivity contribution < 1.29 is 9.50 Å². The van der Waals surface area contributed by atoms with Crippen LogP contribution in [-0.4, -0.2) is 5.11 Å². The number of halogens is 1. The topological polar surface area (TPSA) is 20.2 Å². The Hall–Kier alpha value is -1.67. The van der Waals surface area contributed by atoms with Gasteiger partial charge in [-0.2, -0.15) is 0 Å². The molecule has 2 aromatic carbocycles. The van der Waals surface area contributed by atoms with Gasteiger partial charge in [0.25, 0.3) is 0 Å². The van der Waals surface area contributed by atoms with Crippen LogP contribution in [0.4, 0.5) is 4.39 Å². The van der Waals surface area contributed by atoms with Gasteiger partial charge in [0.15, 0.2) is 0 Å². The fourth-order valence-electron chi connectivity index (χ4n) is 2.35. The fraction of sp³-hybridized carbons (Fsp3) is 0.294. The molecule has 1 N–H and O–H groups in total. The van der Waals surface area contributed by atoms with Gasteiger partial charge in [0.1, 0.15) is 5.82 Å². The van der Waals surface area contributed by atoms with Crippen LogP contribution in [0.2, 0.25) is 0 Å². The first kappa shape index (κ1) is 13.8. The summed E-state index contributed by atoms with van der Waals surface area (Å²) in [7, 11) is 0. The minimum absolute atomic E-state index is 0.264. The maximum atomic E-state index is 13.1. The Morgan fingerprint density at radius 1 is 1.00 bits per heavy atom. The minimum atomic E-state index is -0.596. The molecule has 0 heterocycles. The zero-order valence-electron chi connectivity index (χ0n) is 11.6. The third-order valence-corrected chi connectivity index (χ3v) is 3.51. The normalized spacial score (nSPS) is 12.5. The molecule has 0 aliphatic rings. The van der Waals surface area contributed by atoms with Gasteiger partial charge >= 0.3 is 0 Å². The van der Waals surface area contributed by atoms with Crippen LogP contribution in [0.5, 0.6) is 0 Å². The second kappa shape index (κ2) is 5.54. The predicted molar refractivity (Wildman–Crippen MR) is 75.7 cm³/mol. The van der Waals surface area contributed by atoms with E-state index in [1.54, 1.807) is 6.07 Å². The maximum absolute atomic E-state index is 13.1. The molecule has 0 aliphatic carbocycles. The Balaban J connectivity index is 2.25. The molecule has 0 saturated carbocycles. The number of hydrogen-bond acceptors (Lipinski definition) is 1. The molecule has 0 aromatic heterocycles. The molecule has 2 heteroatoms. The Morgan fingerprint density at radius 2 is 1.74 bits per heavy atom. The van der Waals surface area contributed by atoms with Gasteiger partial charge in [-0.1, -0.05) is 29.8 Å². The number of aliphatic hydroxyl groups is 1. The first-order valence-electron chi connectivity index (χ1n) is 6.47. The van der Waals surface area contributed by atoms with Crippen molar-refractivity contribution >= 4 is 0 Å². The molecular weight excluding hydrogens is 239 g/mol. The first-order chi connectivity index (χ1) is 8.97. The lowest BCUT2D eigenvalue weighted by atomic mass is 9.94. The Morgan fingerprint density at radius 3 is 2.42 bits per heavy atom. The Labute approximate surface area is 113 Å². The van der Waals surface area contributed by atoms with Gasteiger partial charge in [-0.15, -0.1) is 0 Å². The molecule has 100 valence electrons. The number of rotatable bonds is 3. The standard InChI is InChI=1S/C17H19FO/c1-11-4-5-12(2)14(8-11)10-17(19)16-7-6-15(18)9-13(16)3/h4-9,17,19H,10H2,1-3H3. The molecule has 0 saturated heterocycles. The second-order valence-electron chi connectivity index (χ2n) is 5.15. The van der Waals surface area contributed by atoms with Crippen LogP contribution in [0.25, 0.3) is 0 Å². The highest BCUT2D eigenvalue weighted by Gasteiger charge is 2.13. The van der Waals surface area contributed by atoms with Gasteiger partial charge in [-0.05, 0) is 55.2 Å². The van der Waals surface area contributed by atoms with E-state index < -0.39 is 6.10 Å². The van der Waals surface area contributed by atoms with Crippen molar-refractivity contribution in [1.82, 2.24) is 0 Å². The fourth-order valence-corrected chi connectivity index (χ4v) is 2.35. The molecule has 0 fully saturated rings. The lowest BCUT2D eigenvalue weighted by molar-refractivity contribution is 0.177. The zero-order valence-corrected chi connectivity index (χ0v) is 11.6. The van der Waals surface area contributed by atoms with Crippen LogP contribution in [-0.2, 0) is 6.42 Å². The maximum Gasteiger partial charge on any atom is 0.123 e. The van der Waals surface area contributed by atoms with Crippen LogP contribution in [0.15, 0.2) is 36.4 Å². The number of benzene rings is 2. The van der Waals surface area contributed by atoms with Crippen molar-refractivity contribution in [3.8, 4) is 0 Å². The molecule has 1 unspecified atom stereocenters. The third-order valence-electron chi connectivity index (χ3n) is 3.51. The van der Waals surface area contributed by atoms with E-state index in [0.717, 1.165) is 16.7 Å². The molecule has 2 aromatic rings. The van der Waals surface area contributed by atoms with E-state index in [0.29, 0.717) is 6.42 Å². The second-order valence-corrected chi connectivity index (χ2v) is 5.15. The summed E-state index contributed by atoms with van der Waals surface area (Å²) in [6.45, 7) is 5.90. The van der Waals surface area contributed by atoms with E-state index in [1.165, 1.54) is 23.3 Å². The lowest BCUT2D eigenvalue weighted by Crippen LogP contribution is -2.05. The quantitative estimate of drug-likeness (QED) is 0.881. The van der Waals surface area contributed by atoms with Crippen molar-refractivity contribution in [2.24, 2.45) is 0 Å². The summed E-state index contributed by atoms with van der Waals surface area (Å²) in [5.41, 5.74) is 5.07. The van der Waals surface area contributed by atoms with Gasteiger partial charge < -0.3 is 5.11 Å². The van der Waals surface area contributed by atoms with E-state index in [-0.39, 0.29) is 5.82 Å². The smallest absolute Gasteiger partial charge is 0.123 e. The van der Waals surface area contributed by atoms with E-state index in [9.17, 15) is 9.50 Å². The molecule has 0 radical (unpaired) electrons. The van der Waals surface area contributed by atoms with Crippen LogP contribution in [0.1, 0.15) is 33.9 Å². The van der Waals surface area contributed by atoms with Gasteiger partial charge in [0.2, 0.25) is 0 Å². The van der Waals surface area contributed by atoms with Gasteiger partial charge in [-0.25, -0.2) is 4.39 Å². The van der Waals surface area contributed by atoms with Crippen molar-refractivity contribution in [3.05, 3.63) is 70.0 Å². The SMILES string of the molecule is Cc1ccc(C)c(CC(O)c2ccc(F)cc2C)c1. The number of aryl methyl sites for hydroxylation is 3. The third kappa shape index (κ3) is 3.21. The summed E-state index contributed by atoms with van der Waals surface area (Å²) in [5, 5.41) is 10.3. The lowest BCUT2D eigenvalue weighted by Gasteiger charge is -2.15. The summed E-state index contributed by atoms with van der Waals surface area (Å²) in [6, 6.07) is 10.7. The van der Waals surface area contributed by atoms with Crippen LogP contribution < -0.4 is 0 Å². The van der Waals surface area contributed by atoms with Crippen molar-refractivity contribution in [1.29, 1.82) is 0 Å². The van der Waals surface area contributed by atoms with Crippen LogP contribution in [0, 0.1) is 26.6 Å². The van der Waals surface area contributed by atoms with Crippen LogP contribution >= 0.6 is 0 Å². The first-order valence-corrected chi connectivity index (χ1v) is 6.47. The monoisotopic (exact) mass is 258 g/mol. The predicted octanol–water partition coefficient (Wildman–Crippen LogP) is 4.03. The summed E-state index contributed by atoms with van der Waals surface area (Å²) in [5.74, 6) is -0.264. The minimum Gasteiger partial charge on any atom is -0.388 e. The van der Waals surface area contributed by atoms with Gasteiger partial charge in [-0.3, -0.25) is 0 Å². The Kier molecular flexibility index (Phi) is 4.01. The average Bonchev–Trinajstić information content (AvgIpc) is 2.33. The van der Waals surface area contributed by atoms with Crippen molar-refractivity contribution in [2.45, 2.75) is 33.3 Å². The number of hydrogen-bond donors (Lipinski definition) is 1. The van der Waals surface area contributed by atoms with E-state index in [2.05, 4.69) is 18.2 Å². The summed E-state index contributed by atoms with van der Waals surface area (Å²) in [6.07, 6.45) is -0.0407. The molecule has 1 atom stereocenters. The summed E-state index contributed by atoms with van der Waals surface area (Å²) < 4.78 is 13.1. The highest BCUT2D eigenvalue weighted by atomic mass is 19.1. The average molecular weight is 258 g/mol. The van der Waals surface area contributed by atoms with E-state index in [4.69, 9.17) is 0 Å². The molecule has 0 spiro atoms. The van der Waals surface area contributed by atoms with Crippen LogP contribution in [0.3, 0.4) is 0 Å².